The number of aromatic amines is 1. The number of rotatable bonds is 3. The number of aromatic nitrogens is 3. The highest BCUT2D eigenvalue weighted by Gasteiger charge is 2.15. The van der Waals surface area contributed by atoms with E-state index in [0.717, 1.165) is 11.4 Å². The standard InChI is InChI=1S/C11H13N3O/c1-14-6-5-13-11(14)7-10(15)9-3-2-4-12-8-9/h2-6,8,10,15H,7H2,1H3/p+1. The van der Waals surface area contributed by atoms with Crippen LogP contribution in [-0.2, 0) is 13.5 Å². The first-order valence-electron chi connectivity index (χ1n) is 4.87. The topological polar surface area (TPSA) is 52.8 Å². The van der Waals surface area contributed by atoms with Crippen molar-refractivity contribution in [3.8, 4) is 0 Å². The fourth-order valence-corrected chi connectivity index (χ4v) is 1.51. The van der Waals surface area contributed by atoms with Crippen molar-refractivity contribution < 1.29 is 9.67 Å². The Morgan fingerprint density at radius 3 is 3.07 bits per heavy atom. The summed E-state index contributed by atoms with van der Waals surface area (Å²) >= 11 is 0. The van der Waals surface area contributed by atoms with E-state index in [4.69, 9.17) is 0 Å². The Bertz CT molecular complexity index is 424. The van der Waals surface area contributed by atoms with Crippen LogP contribution >= 0.6 is 0 Å². The smallest absolute Gasteiger partial charge is 0.256 e. The number of nitrogens with one attached hydrogen (secondary N) is 1. The van der Waals surface area contributed by atoms with Crippen molar-refractivity contribution >= 4 is 0 Å². The van der Waals surface area contributed by atoms with Crippen molar-refractivity contribution in [1.82, 2.24) is 9.97 Å². The Labute approximate surface area is 88.2 Å². The van der Waals surface area contributed by atoms with Gasteiger partial charge in [-0.05, 0) is 11.6 Å². The molecule has 0 amide bonds. The van der Waals surface area contributed by atoms with Crippen LogP contribution in [0.25, 0.3) is 0 Å². The van der Waals surface area contributed by atoms with Gasteiger partial charge in [0.05, 0.1) is 19.6 Å². The van der Waals surface area contributed by atoms with Crippen LogP contribution in [0.3, 0.4) is 0 Å². The molecule has 1 atom stereocenters. The third-order valence-electron chi connectivity index (χ3n) is 2.43. The molecule has 0 aliphatic rings. The van der Waals surface area contributed by atoms with Gasteiger partial charge in [-0.25, -0.2) is 9.55 Å². The minimum Gasteiger partial charge on any atom is -0.388 e. The molecule has 0 aliphatic heterocycles. The van der Waals surface area contributed by atoms with Gasteiger partial charge in [-0.2, -0.15) is 0 Å². The number of aliphatic hydroxyl groups excluding tert-OH is 1. The summed E-state index contributed by atoms with van der Waals surface area (Å²) in [6.45, 7) is 0. The summed E-state index contributed by atoms with van der Waals surface area (Å²) in [6, 6.07) is 3.70. The summed E-state index contributed by atoms with van der Waals surface area (Å²) in [5, 5.41) is 9.94. The Kier molecular flexibility index (Phi) is 2.78. The molecular weight excluding hydrogens is 190 g/mol. The Balaban J connectivity index is 2.11. The molecular formula is C11H14N3O+. The van der Waals surface area contributed by atoms with E-state index < -0.39 is 6.10 Å². The van der Waals surface area contributed by atoms with Crippen molar-refractivity contribution in [2.45, 2.75) is 12.5 Å². The highest BCUT2D eigenvalue weighted by molar-refractivity contribution is 5.12. The highest BCUT2D eigenvalue weighted by atomic mass is 16.3. The molecule has 4 nitrogen and oxygen atoms in total. The van der Waals surface area contributed by atoms with Gasteiger partial charge in [-0.15, -0.1) is 0 Å². The zero-order chi connectivity index (χ0) is 10.7. The molecule has 1 unspecified atom stereocenters. The average Bonchev–Trinajstić information content (AvgIpc) is 2.66. The molecule has 0 saturated heterocycles. The van der Waals surface area contributed by atoms with Crippen LogP contribution in [0.15, 0.2) is 36.9 Å². The summed E-state index contributed by atoms with van der Waals surface area (Å²) < 4.78 is 1.96. The van der Waals surface area contributed by atoms with Crippen LogP contribution < -0.4 is 4.57 Å². The number of nitrogens with zero attached hydrogens (tertiary/aromatic N) is 2. The maximum absolute atomic E-state index is 9.94. The maximum atomic E-state index is 9.94. The van der Waals surface area contributed by atoms with E-state index in [0.29, 0.717) is 6.42 Å². The van der Waals surface area contributed by atoms with Crippen molar-refractivity contribution in [3.63, 3.8) is 0 Å². The van der Waals surface area contributed by atoms with Gasteiger partial charge in [0.1, 0.15) is 12.4 Å². The lowest BCUT2D eigenvalue weighted by atomic mass is 10.1. The number of hydrogen-bond donors (Lipinski definition) is 2. The van der Waals surface area contributed by atoms with Crippen molar-refractivity contribution in [3.05, 3.63) is 48.3 Å². The quantitative estimate of drug-likeness (QED) is 0.716. The van der Waals surface area contributed by atoms with Crippen LogP contribution in [0.1, 0.15) is 17.5 Å². The maximum Gasteiger partial charge on any atom is 0.256 e. The molecule has 0 saturated carbocycles. The first kappa shape index (κ1) is 9.86. The minimum absolute atomic E-state index is 0.511. The van der Waals surface area contributed by atoms with E-state index in [-0.39, 0.29) is 0 Å². The van der Waals surface area contributed by atoms with Gasteiger partial charge < -0.3 is 5.11 Å². The predicted molar refractivity (Wildman–Crippen MR) is 54.9 cm³/mol. The molecule has 2 aromatic heterocycles. The zero-order valence-electron chi connectivity index (χ0n) is 8.59. The molecule has 0 aromatic carbocycles. The monoisotopic (exact) mass is 204 g/mol. The fraction of sp³-hybridized carbons (Fsp3) is 0.273. The van der Waals surface area contributed by atoms with Gasteiger partial charge in [-0.3, -0.25) is 4.98 Å². The Hall–Kier alpha value is -1.68. The Morgan fingerprint density at radius 1 is 1.60 bits per heavy atom. The zero-order valence-corrected chi connectivity index (χ0v) is 8.59. The fourth-order valence-electron chi connectivity index (χ4n) is 1.51. The Morgan fingerprint density at radius 2 is 2.47 bits per heavy atom. The molecule has 4 heteroatoms. The number of aliphatic hydroxyl groups is 1. The van der Waals surface area contributed by atoms with E-state index in [9.17, 15) is 5.11 Å². The first-order chi connectivity index (χ1) is 7.27. The van der Waals surface area contributed by atoms with Crippen molar-refractivity contribution in [2.75, 3.05) is 0 Å². The molecule has 0 spiro atoms. The number of H-pyrrole nitrogens is 1. The number of imidazole rings is 1. The normalized spacial score (nSPS) is 12.7. The van der Waals surface area contributed by atoms with E-state index in [1.165, 1.54) is 0 Å². The molecule has 0 aliphatic carbocycles. The largest absolute Gasteiger partial charge is 0.388 e. The second-order valence-electron chi connectivity index (χ2n) is 3.52. The van der Waals surface area contributed by atoms with Gasteiger partial charge in [0.15, 0.2) is 0 Å². The van der Waals surface area contributed by atoms with E-state index in [2.05, 4.69) is 9.97 Å². The lowest BCUT2D eigenvalue weighted by Crippen LogP contribution is -2.31. The van der Waals surface area contributed by atoms with Crippen molar-refractivity contribution in [1.29, 1.82) is 0 Å². The van der Waals surface area contributed by atoms with E-state index in [1.54, 1.807) is 12.4 Å². The van der Waals surface area contributed by atoms with Crippen LogP contribution in [0.5, 0.6) is 0 Å². The van der Waals surface area contributed by atoms with Gasteiger partial charge in [-0.1, -0.05) is 6.07 Å². The van der Waals surface area contributed by atoms with Crippen LogP contribution in [0.4, 0.5) is 0 Å². The molecule has 0 bridgehead atoms. The van der Waals surface area contributed by atoms with Crippen LogP contribution in [0, 0.1) is 0 Å². The summed E-state index contributed by atoms with van der Waals surface area (Å²) in [4.78, 5) is 7.07. The van der Waals surface area contributed by atoms with Gasteiger partial charge in [0, 0.05) is 12.4 Å². The van der Waals surface area contributed by atoms with Gasteiger partial charge in [0.25, 0.3) is 5.82 Å². The first-order valence-corrected chi connectivity index (χ1v) is 4.87. The summed E-state index contributed by atoms with van der Waals surface area (Å²) in [5.41, 5.74) is 0.840. The number of pyridine rings is 1. The summed E-state index contributed by atoms with van der Waals surface area (Å²) in [5.74, 6) is 0.992. The van der Waals surface area contributed by atoms with E-state index in [1.807, 2.05) is 36.1 Å². The molecule has 2 aromatic rings. The SMILES string of the molecule is C[n+]1cc[nH]c1CC(O)c1cccnc1. The van der Waals surface area contributed by atoms with Crippen LogP contribution in [0.2, 0.25) is 0 Å². The molecule has 0 radical (unpaired) electrons. The van der Waals surface area contributed by atoms with Crippen molar-refractivity contribution in [2.24, 2.45) is 7.05 Å². The molecule has 2 rings (SSSR count). The third kappa shape index (κ3) is 2.22. The molecule has 0 fully saturated rings. The summed E-state index contributed by atoms with van der Waals surface area (Å²) in [6.07, 6.45) is 7.22. The lowest BCUT2D eigenvalue weighted by molar-refractivity contribution is -0.678. The molecule has 15 heavy (non-hydrogen) atoms. The number of aryl methyl sites for hydroxylation is 1. The third-order valence-corrected chi connectivity index (χ3v) is 2.43. The predicted octanol–water partition coefficient (Wildman–Crippen LogP) is 0.510. The summed E-state index contributed by atoms with van der Waals surface area (Å²) in [7, 11) is 1.95. The lowest BCUT2D eigenvalue weighted by Gasteiger charge is -2.06. The highest BCUT2D eigenvalue weighted by Crippen LogP contribution is 2.13. The number of hydrogen-bond acceptors (Lipinski definition) is 2. The minimum atomic E-state index is -0.511. The van der Waals surface area contributed by atoms with Gasteiger partial charge >= 0.3 is 0 Å². The molecule has 2 heterocycles. The second kappa shape index (κ2) is 4.23. The second-order valence-corrected chi connectivity index (χ2v) is 3.52. The van der Waals surface area contributed by atoms with Gasteiger partial charge in [0.2, 0.25) is 0 Å². The molecule has 78 valence electrons. The average molecular weight is 204 g/mol. The van der Waals surface area contributed by atoms with E-state index >= 15 is 0 Å². The van der Waals surface area contributed by atoms with Crippen LogP contribution in [-0.4, -0.2) is 15.1 Å². The molecule has 2 N–H and O–H groups in total.